The zero-order valence-electron chi connectivity index (χ0n) is 13.2. The van der Waals surface area contributed by atoms with E-state index < -0.39 is 0 Å². The van der Waals surface area contributed by atoms with Crippen LogP contribution in [0.3, 0.4) is 0 Å². The maximum Gasteiger partial charge on any atom is 0.251 e. The van der Waals surface area contributed by atoms with Gasteiger partial charge in [0.15, 0.2) is 0 Å². The third kappa shape index (κ3) is 4.76. The van der Waals surface area contributed by atoms with Crippen molar-refractivity contribution in [2.45, 2.75) is 12.3 Å². The van der Waals surface area contributed by atoms with Crippen LogP contribution < -0.4 is 5.32 Å². The summed E-state index contributed by atoms with van der Waals surface area (Å²) in [6.45, 7) is 1.40. The van der Waals surface area contributed by atoms with Crippen molar-refractivity contribution in [2.75, 3.05) is 12.3 Å². The topological polar surface area (TPSA) is 60.1 Å². The lowest BCUT2D eigenvalue weighted by molar-refractivity contribution is 0.0956. The fourth-order valence-electron chi connectivity index (χ4n) is 2.26. The summed E-state index contributed by atoms with van der Waals surface area (Å²) in [4.78, 5) is 16.1. The van der Waals surface area contributed by atoms with Crippen molar-refractivity contribution in [1.29, 1.82) is 0 Å². The van der Waals surface area contributed by atoms with Crippen molar-refractivity contribution in [3.05, 3.63) is 78.3 Å². The molecule has 24 heavy (non-hydrogen) atoms. The highest BCUT2D eigenvalue weighted by atomic mass is 32.2. The van der Waals surface area contributed by atoms with E-state index in [0.717, 1.165) is 29.4 Å². The molecule has 0 saturated carbocycles. The minimum absolute atomic E-state index is 0.0391. The third-order valence-electron chi connectivity index (χ3n) is 3.50. The SMILES string of the molecule is O=C(NCCSCc1ccco1)c1ccc(Cn2ccnc2)cc1. The van der Waals surface area contributed by atoms with Crippen LogP contribution in [0.5, 0.6) is 0 Å². The number of aromatic nitrogens is 2. The van der Waals surface area contributed by atoms with E-state index in [1.807, 2.05) is 47.2 Å². The van der Waals surface area contributed by atoms with Gasteiger partial charge in [-0.1, -0.05) is 12.1 Å². The molecule has 6 heteroatoms. The average molecular weight is 341 g/mol. The summed E-state index contributed by atoms with van der Waals surface area (Å²) in [7, 11) is 0. The van der Waals surface area contributed by atoms with E-state index in [1.54, 1.807) is 30.5 Å². The maximum absolute atomic E-state index is 12.1. The number of hydrogen-bond donors (Lipinski definition) is 1. The molecule has 2 aromatic heterocycles. The number of amides is 1. The molecule has 3 rings (SSSR count). The van der Waals surface area contributed by atoms with E-state index in [9.17, 15) is 4.79 Å². The first-order valence-electron chi connectivity index (χ1n) is 7.74. The van der Waals surface area contributed by atoms with E-state index in [2.05, 4.69) is 10.3 Å². The van der Waals surface area contributed by atoms with Crippen molar-refractivity contribution in [3.8, 4) is 0 Å². The zero-order chi connectivity index (χ0) is 16.6. The molecule has 5 nitrogen and oxygen atoms in total. The number of carbonyl (C=O) groups is 1. The number of carbonyl (C=O) groups excluding carboxylic acids is 1. The van der Waals surface area contributed by atoms with Gasteiger partial charge in [-0.3, -0.25) is 4.79 Å². The first-order valence-corrected chi connectivity index (χ1v) is 8.90. The van der Waals surface area contributed by atoms with Gasteiger partial charge < -0.3 is 14.3 Å². The number of nitrogens with one attached hydrogen (secondary N) is 1. The van der Waals surface area contributed by atoms with Gasteiger partial charge in [0.2, 0.25) is 0 Å². The predicted octanol–water partition coefficient (Wildman–Crippen LogP) is 3.19. The number of furan rings is 1. The summed E-state index contributed by atoms with van der Waals surface area (Å²) >= 11 is 1.74. The molecule has 0 unspecified atom stereocenters. The number of thioether (sulfide) groups is 1. The van der Waals surface area contributed by atoms with Gasteiger partial charge in [-0.05, 0) is 29.8 Å². The molecular formula is C18H19N3O2S. The first-order chi connectivity index (χ1) is 11.8. The second-order valence-electron chi connectivity index (χ2n) is 5.32. The van der Waals surface area contributed by atoms with Crippen LogP contribution in [0.25, 0.3) is 0 Å². The Morgan fingerprint density at radius 3 is 2.83 bits per heavy atom. The van der Waals surface area contributed by atoms with Gasteiger partial charge in [0.25, 0.3) is 5.91 Å². The van der Waals surface area contributed by atoms with Crippen LogP contribution in [0.15, 0.2) is 65.8 Å². The summed E-state index contributed by atoms with van der Waals surface area (Å²) in [6, 6.07) is 11.5. The van der Waals surface area contributed by atoms with Gasteiger partial charge in [0.05, 0.1) is 18.3 Å². The van der Waals surface area contributed by atoms with Crippen molar-refractivity contribution >= 4 is 17.7 Å². The van der Waals surface area contributed by atoms with Gasteiger partial charge in [-0.2, -0.15) is 11.8 Å². The van der Waals surface area contributed by atoms with Crippen LogP contribution in [0.4, 0.5) is 0 Å². The normalized spacial score (nSPS) is 10.7. The van der Waals surface area contributed by atoms with Gasteiger partial charge in [-0.25, -0.2) is 4.98 Å². The fraction of sp³-hybridized carbons (Fsp3) is 0.222. The summed E-state index contributed by atoms with van der Waals surface area (Å²) in [5.41, 5.74) is 1.82. The van der Waals surface area contributed by atoms with Crippen molar-refractivity contribution in [3.63, 3.8) is 0 Å². The van der Waals surface area contributed by atoms with E-state index in [1.165, 1.54) is 0 Å². The Labute approximate surface area is 145 Å². The van der Waals surface area contributed by atoms with Crippen molar-refractivity contribution in [1.82, 2.24) is 14.9 Å². The zero-order valence-corrected chi connectivity index (χ0v) is 14.0. The van der Waals surface area contributed by atoms with E-state index in [-0.39, 0.29) is 5.91 Å². The van der Waals surface area contributed by atoms with Gasteiger partial charge in [-0.15, -0.1) is 0 Å². The monoisotopic (exact) mass is 341 g/mol. The largest absolute Gasteiger partial charge is 0.468 e. The van der Waals surface area contributed by atoms with Crippen LogP contribution in [0, 0.1) is 0 Å². The summed E-state index contributed by atoms with van der Waals surface area (Å²) < 4.78 is 7.26. The van der Waals surface area contributed by atoms with Crippen LogP contribution in [-0.2, 0) is 12.3 Å². The second kappa shape index (κ2) is 8.40. The maximum atomic E-state index is 12.1. The Morgan fingerprint density at radius 2 is 2.12 bits per heavy atom. The Balaban J connectivity index is 1.40. The quantitative estimate of drug-likeness (QED) is 0.639. The molecule has 0 aliphatic heterocycles. The van der Waals surface area contributed by atoms with Gasteiger partial charge in [0, 0.05) is 36.8 Å². The Hall–Kier alpha value is -2.47. The number of nitrogens with zero attached hydrogens (tertiary/aromatic N) is 2. The molecule has 124 valence electrons. The predicted molar refractivity (Wildman–Crippen MR) is 95.0 cm³/mol. The van der Waals surface area contributed by atoms with Crippen LogP contribution in [-0.4, -0.2) is 27.8 Å². The summed E-state index contributed by atoms with van der Waals surface area (Å²) in [5, 5.41) is 2.94. The summed E-state index contributed by atoms with van der Waals surface area (Å²) in [5.74, 6) is 2.60. The molecule has 0 aliphatic carbocycles. The van der Waals surface area contributed by atoms with Gasteiger partial charge >= 0.3 is 0 Å². The highest BCUT2D eigenvalue weighted by Gasteiger charge is 2.05. The number of benzene rings is 1. The lowest BCUT2D eigenvalue weighted by atomic mass is 10.1. The number of imidazole rings is 1. The Bertz CT molecular complexity index is 737. The van der Waals surface area contributed by atoms with Crippen LogP contribution in [0.2, 0.25) is 0 Å². The molecule has 3 aromatic rings. The summed E-state index contributed by atoms with van der Waals surface area (Å²) in [6.07, 6.45) is 7.13. The molecule has 1 aromatic carbocycles. The molecule has 1 N–H and O–H groups in total. The van der Waals surface area contributed by atoms with E-state index in [4.69, 9.17) is 4.42 Å². The first kappa shape index (κ1) is 16.4. The molecule has 1 amide bonds. The average Bonchev–Trinajstić information content (AvgIpc) is 3.29. The molecule has 0 fully saturated rings. The standard InChI is InChI=1S/C18H19N3O2S/c22-18(20-8-11-24-13-17-2-1-10-23-17)16-5-3-15(4-6-16)12-21-9-7-19-14-21/h1-7,9-10,14H,8,11-13H2,(H,20,22). The Kier molecular flexibility index (Phi) is 5.74. The number of hydrogen-bond acceptors (Lipinski definition) is 4. The molecule has 0 aliphatic rings. The molecule has 0 spiro atoms. The molecule has 2 heterocycles. The molecule has 0 radical (unpaired) electrons. The molecule has 0 atom stereocenters. The Morgan fingerprint density at radius 1 is 1.25 bits per heavy atom. The van der Waals surface area contributed by atoms with Crippen LogP contribution >= 0.6 is 11.8 Å². The minimum atomic E-state index is -0.0391. The highest BCUT2D eigenvalue weighted by Crippen LogP contribution is 2.11. The van der Waals surface area contributed by atoms with E-state index in [0.29, 0.717) is 12.1 Å². The van der Waals surface area contributed by atoms with Crippen molar-refractivity contribution < 1.29 is 9.21 Å². The van der Waals surface area contributed by atoms with Gasteiger partial charge in [0.1, 0.15) is 5.76 Å². The highest BCUT2D eigenvalue weighted by molar-refractivity contribution is 7.98. The molecule has 0 saturated heterocycles. The fourth-order valence-corrected chi connectivity index (χ4v) is 3.02. The van der Waals surface area contributed by atoms with Crippen molar-refractivity contribution in [2.24, 2.45) is 0 Å². The minimum Gasteiger partial charge on any atom is -0.468 e. The second-order valence-corrected chi connectivity index (χ2v) is 6.42. The lowest BCUT2D eigenvalue weighted by Gasteiger charge is -2.07. The third-order valence-corrected chi connectivity index (χ3v) is 4.48. The lowest BCUT2D eigenvalue weighted by Crippen LogP contribution is -2.25. The van der Waals surface area contributed by atoms with Crippen LogP contribution in [0.1, 0.15) is 21.7 Å². The molecular weight excluding hydrogens is 322 g/mol. The smallest absolute Gasteiger partial charge is 0.251 e. The number of rotatable bonds is 8. The van der Waals surface area contributed by atoms with E-state index >= 15 is 0 Å². The molecule has 0 bridgehead atoms.